The van der Waals surface area contributed by atoms with E-state index in [0.717, 1.165) is 0 Å². The average Bonchev–Trinajstić information content (AvgIpc) is 2.26. The van der Waals surface area contributed by atoms with Gasteiger partial charge in [0.15, 0.2) is 0 Å². The third-order valence-electron chi connectivity index (χ3n) is 2.35. The van der Waals surface area contributed by atoms with Crippen LogP contribution >= 0.6 is 0 Å². The largest absolute Gasteiger partial charge is 0.480 e. The van der Waals surface area contributed by atoms with Crippen LogP contribution in [0.2, 0.25) is 0 Å². The van der Waals surface area contributed by atoms with Crippen molar-refractivity contribution in [3.05, 3.63) is 0 Å². The van der Waals surface area contributed by atoms with Gasteiger partial charge < -0.3 is 25.2 Å². The van der Waals surface area contributed by atoms with Gasteiger partial charge in [0.2, 0.25) is 0 Å². The first-order chi connectivity index (χ1) is 7.81. The molecule has 2 amide bonds. The minimum Gasteiger partial charge on any atom is -0.480 e. The van der Waals surface area contributed by atoms with Crippen LogP contribution in [0.5, 0.6) is 0 Å². The molecule has 0 atom stereocenters. The number of carboxylic acid groups (broad SMARTS) is 1. The van der Waals surface area contributed by atoms with E-state index < -0.39 is 11.5 Å². The van der Waals surface area contributed by atoms with Crippen molar-refractivity contribution >= 4 is 12.0 Å². The number of urea groups is 1. The summed E-state index contributed by atoms with van der Waals surface area (Å²) in [5.41, 5.74) is -0.647. The van der Waals surface area contributed by atoms with E-state index in [1.54, 1.807) is 20.9 Å². The number of carboxylic acids is 1. The Balaban J connectivity index is 3.83. The van der Waals surface area contributed by atoms with Crippen molar-refractivity contribution < 1.29 is 24.5 Å². The summed E-state index contributed by atoms with van der Waals surface area (Å²) in [7, 11) is 1.57. The summed E-state index contributed by atoms with van der Waals surface area (Å²) in [6.45, 7) is 3.28. The van der Waals surface area contributed by atoms with Gasteiger partial charge in [0, 0.05) is 13.6 Å². The third kappa shape index (κ3) is 6.08. The Morgan fingerprint density at radius 2 is 2.00 bits per heavy atom. The van der Waals surface area contributed by atoms with Crippen LogP contribution in [0.25, 0.3) is 0 Å². The van der Waals surface area contributed by atoms with Crippen molar-refractivity contribution in [3.63, 3.8) is 0 Å². The van der Waals surface area contributed by atoms with Gasteiger partial charge in [0.05, 0.1) is 18.8 Å². The number of amides is 2. The molecule has 7 nitrogen and oxygen atoms in total. The van der Waals surface area contributed by atoms with Crippen molar-refractivity contribution in [3.8, 4) is 0 Å². The van der Waals surface area contributed by atoms with Crippen LogP contribution in [0, 0.1) is 0 Å². The van der Waals surface area contributed by atoms with Gasteiger partial charge in [0.25, 0.3) is 0 Å². The fraction of sp³-hybridized carbons (Fsp3) is 0.800. The molecule has 0 saturated heterocycles. The van der Waals surface area contributed by atoms with E-state index in [1.165, 1.54) is 4.90 Å². The van der Waals surface area contributed by atoms with Crippen molar-refractivity contribution in [1.29, 1.82) is 0 Å². The number of hydrogen-bond acceptors (Lipinski definition) is 4. The van der Waals surface area contributed by atoms with E-state index in [-0.39, 0.29) is 32.4 Å². The van der Waals surface area contributed by atoms with Gasteiger partial charge in [-0.3, -0.25) is 0 Å². The molecule has 100 valence electrons. The van der Waals surface area contributed by atoms with E-state index in [0.29, 0.717) is 0 Å². The average molecular weight is 248 g/mol. The van der Waals surface area contributed by atoms with Crippen molar-refractivity contribution in [2.24, 2.45) is 0 Å². The summed E-state index contributed by atoms with van der Waals surface area (Å²) in [5.74, 6) is -1.05. The molecule has 0 saturated carbocycles. The maximum Gasteiger partial charge on any atom is 0.329 e. The SMILES string of the molecule is CN(C(=O)NCCOCC(=O)O)C(C)(C)CO. The Labute approximate surface area is 100 Å². The zero-order valence-corrected chi connectivity index (χ0v) is 10.4. The number of nitrogens with one attached hydrogen (secondary N) is 1. The van der Waals surface area contributed by atoms with Crippen LogP contribution in [-0.4, -0.2) is 66.1 Å². The van der Waals surface area contributed by atoms with E-state index in [1.807, 2.05) is 0 Å². The van der Waals surface area contributed by atoms with Gasteiger partial charge in [-0.2, -0.15) is 0 Å². The molecule has 3 N–H and O–H groups in total. The number of aliphatic hydroxyl groups is 1. The molecule has 7 heteroatoms. The Hall–Kier alpha value is -1.34. The summed E-state index contributed by atoms with van der Waals surface area (Å²) in [6.07, 6.45) is 0. The lowest BCUT2D eigenvalue weighted by Gasteiger charge is -2.33. The quantitative estimate of drug-likeness (QED) is 0.527. The maximum absolute atomic E-state index is 11.6. The predicted octanol–water partition coefficient (Wildman–Crippen LogP) is -0.500. The van der Waals surface area contributed by atoms with Gasteiger partial charge >= 0.3 is 12.0 Å². The zero-order valence-electron chi connectivity index (χ0n) is 10.4. The molecule has 0 spiro atoms. The van der Waals surface area contributed by atoms with Crippen molar-refractivity contribution in [2.45, 2.75) is 19.4 Å². The Morgan fingerprint density at radius 1 is 1.41 bits per heavy atom. The third-order valence-corrected chi connectivity index (χ3v) is 2.35. The molecule has 0 rings (SSSR count). The second-order valence-corrected chi connectivity index (χ2v) is 4.21. The number of nitrogens with zero attached hydrogens (tertiary/aromatic N) is 1. The molecule has 0 aliphatic heterocycles. The first kappa shape index (κ1) is 15.7. The predicted molar refractivity (Wildman–Crippen MR) is 60.8 cm³/mol. The molecule has 0 aliphatic rings. The number of carbonyl (C=O) groups is 2. The molecule has 0 aromatic rings. The molecule has 0 heterocycles. The van der Waals surface area contributed by atoms with Gasteiger partial charge in [0.1, 0.15) is 6.61 Å². The Kier molecular flexibility index (Phi) is 6.52. The van der Waals surface area contributed by atoms with Crippen LogP contribution in [-0.2, 0) is 9.53 Å². The normalized spacial score (nSPS) is 11.1. The minimum atomic E-state index is -1.05. The van der Waals surface area contributed by atoms with E-state index in [2.05, 4.69) is 5.32 Å². The Bertz CT molecular complexity index is 267. The lowest BCUT2D eigenvalue weighted by atomic mass is 10.1. The summed E-state index contributed by atoms with van der Waals surface area (Å²) < 4.78 is 4.75. The van der Waals surface area contributed by atoms with E-state index in [9.17, 15) is 9.59 Å². The monoisotopic (exact) mass is 248 g/mol. The minimum absolute atomic E-state index is 0.130. The van der Waals surface area contributed by atoms with Crippen LogP contribution in [0.1, 0.15) is 13.8 Å². The molecular weight excluding hydrogens is 228 g/mol. The molecule has 0 fully saturated rings. The van der Waals surface area contributed by atoms with Gasteiger partial charge in [-0.25, -0.2) is 9.59 Å². The highest BCUT2D eigenvalue weighted by molar-refractivity contribution is 5.74. The molecule has 0 unspecified atom stereocenters. The van der Waals surface area contributed by atoms with Gasteiger partial charge in [-0.05, 0) is 13.8 Å². The highest BCUT2D eigenvalue weighted by atomic mass is 16.5. The second-order valence-electron chi connectivity index (χ2n) is 4.21. The molecule has 0 bridgehead atoms. The number of aliphatic hydroxyl groups excluding tert-OH is 1. The van der Waals surface area contributed by atoms with Crippen molar-refractivity contribution in [1.82, 2.24) is 10.2 Å². The van der Waals surface area contributed by atoms with E-state index >= 15 is 0 Å². The molecule has 0 aromatic heterocycles. The molecule has 0 aliphatic carbocycles. The summed E-state index contributed by atoms with van der Waals surface area (Å²) >= 11 is 0. The fourth-order valence-electron chi connectivity index (χ4n) is 0.889. The topological polar surface area (TPSA) is 99.1 Å². The van der Waals surface area contributed by atoms with Crippen molar-refractivity contribution in [2.75, 3.05) is 33.4 Å². The van der Waals surface area contributed by atoms with Crippen LogP contribution in [0.15, 0.2) is 0 Å². The standard InChI is InChI=1S/C10H20N2O5/c1-10(2,7-13)12(3)9(16)11-4-5-17-6-8(14)15/h13H,4-7H2,1-3H3,(H,11,16)(H,14,15). The number of rotatable bonds is 7. The van der Waals surface area contributed by atoms with Crippen LogP contribution in [0.4, 0.5) is 4.79 Å². The number of ether oxygens (including phenoxy) is 1. The first-order valence-corrected chi connectivity index (χ1v) is 5.23. The molecule has 0 aromatic carbocycles. The number of hydrogen-bond donors (Lipinski definition) is 3. The highest BCUT2D eigenvalue weighted by Crippen LogP contribution is 2.10. The zero-order chi connectivity index (χ0) is 13.5. The van der Waals surface area contributed by atoms with Crippen LogP contribution in [0.3, 0.4) is 0 Å². The number of aliphatic carboxylic acids is 1. The van der Waals surface area contributed by atoms with Gasteiger partial charge in [-0.15, -0.1) is 0 Å². The number of carbonyl (C=O) groups excluding carboxylic acids is 1. The molecule has 0 radical (unpaired) electrons. The first-order valence-electron chi connectivity index (χ1n) is 5.23. The summed E-state index contributed by atoms with van der Waals surface area (Å²) in [4.78, 5) is 23.1. The fourth-order valence-corrected chi connectivity index (χ4v) is 0.889. The Morgan fingerprint density at radius 3 is 2.47 bits per heavy atom. The summed E-state index contributed by atoms with van der Waals surface area (Å²) in [5, 5.41) is 19.9. The second kappa shape index (κ2) is 7.08. The molecular formula is C10H20N2O5. The van der Waals surface area contributed by atoms with Gasteiger partial charge in [-0.1, -0.05) is 0 Å². The molecule has 17 heavy (non-hydrogen) atoms. The smallest absolute Gasteiger partial charge is 0.329 e. The maximum atomic E-state index is 11.6. The van der Waals surface area contributed by atoms with E-state index in [4.69, 9.17) is 14.9 Å². The summed E-state index contributed by atoms with van der Waals surface area (Å²) in [6, 6.07) is -0.344. The van der Waals surface area contributed by atoms with Crippen LogP contribution < -0.4 is 5.32 Å². The number of likely N-dealkylation sites (N-methyl/N-ethyl adjacent to an activating group) is 1. The highest BCUT2D eigenvalue weighted by Gasteiger charge is 2.26. The lowest BCUT2D eigenvalue weighted by molar-refractivity contribution is -0.142. The lowest BCUT2D eigenvalue weighted by Crippen LogP contribution is -2.52.